The number of benzene rings is 3. The number of aromatic nitrogens is 2. The van der Waals surface area contributed by atoms with Crippen molar-refractivity contribution in [3.05, 3.63) is 83.2 Å². The maximum absolute atomic E-state index is 14.3. The number of anilines is 2. The van der Waals surface area contributed by atoms with Gasteiger partial charge >= 0.3 is 0 Å². The van der Waals surface area contributed by atoms with Gasteiger partial charge < -0.3 is 11.1 Å². The molecule has 8 heteroatoms. The number of hydrogen-bond acceptors (Lipinski definition) is 4. The third-order valence-electron chi connectivity index (χ3n) is 4.63. The molecule has 0 saturated carbocycles. The lowest BCUT2D eigenvalue weighted by Crippen LogP contribution is -2.16. The predicted octanol–water partition coefficient (Wildman–Crippen LogP) is 4.86. The summed E-state index contributed by atoms with van der Waals surface area (Å²) in [6, 6.07) is 14.5. The Kier molecular flexibility index (Phi) is 4.83. The summed E-state index contributed by atoms with van der Waals surface area (Å²) in [5, 5.41) is 3.26. The minimum atomic E-state index is -1.32. The summed E-state index contributed by atoms with van der Waals surface area (Å²) in [5.74, 6) is -4.54. The van der Waals surface area contributed by atoms with Crippen LogP contribution < -0.4 is 11.1 Å². The van der Waals surface area contributed by atoms with Gasteiger partial charge in [-0.2, -0.15) is 0 Å². The molecule has 1 aromatic heterocycles. The molecule has 0 radical (unpaired) electrons. The van der Waals surface area contributed by atoms with Crippen LogP contribution in [0.25, 0.3) is 22.2 Å². The van der Waals surface area contributed by atoms with Crippen molar-refractivity contribution in [1.82, 2.24) is 9.97 Å². The second kappa shape index (κ2) is 7.47. The van der Waals surface area contributed by atoms with E-state index >= 15 is 0 Å². The van der Waals surface area contributed by atoms with E-state index in [1.54, 1.807) is 30.3 Å². The molecule has 3 N–H and O–H groups in total. The molecular weight excluding hydrogens is 393 g/mol. The molecule has 0 atom stereocenters. The zero-order valence-corrected chi connectivity index (χ0v) is 15.7. The molecule has 30 heavy (non-hydrogen) atoms. The normalized spacial score (nSPS) is 10.9. The van der Waals surface area contributed by atoms with E-state index in [1.165, 1.54) is 0 Å². The number of halogens is 3. The average molecular weight is 408 g/mol. The van der Waals surface area contributed by atoms with Crippen molar-refractivity contribution in [1.29, 1.82) is 0 Å². The van der Waals surface area contributed by atoms with Gasteiger partial charge in [0.1, 0.15) is 5.82 Å². The van der Waals surface area contributed by atoms with E-state index < -0.39 is 34.5 Å². The van der Waals surface area contributed by atoms with Crippen molar-refractivity contribution >= 4 is 28.4 Å². The first kappa shape index (κ1) is 19.4. The number of hydrogen-bond donors (Lipinski definition) is 2. The summed E-state index contributed by atoms with van der Waals surface area (Å²) in [5.41, 5.74) is 6.85. The number of nitrogens with zero attached hydrogens (tertiary/aromatic N) is 2. The molecule has 3 aromatic carbocycles. The van der Waals surface area contributed by atoms with Crippen LogP contribution in [0.4, 0.5) is 24.8 Å². The third-order valence-corrected chi connectivity index (χ3v) is 4.63. The first-order chi connectivity index (χ1) is 14.3. The second-order valence-corrected chi connectivity index (χ2v) is 6.64. The molecule has 0 bridgehead atoms. The van der Waals surface area contributed by atoms with Crippen LogP contribution in [0.5, 0.6) is 0 Å². The molecule has 150 valence electrons. The van der Waals surface area contributed by atoms with E-state index in [0.29, 0.717) is 28.5 Å². The van der Waals surface area contributed by atoms with Crippen molar-refractivity contribution in [2.45, 2.75) is 6.92 Å². The fourth-order valence-corrected chi connectivity index (χ4v) is 3.15. The molecule has 0 aliphatic carbocycles. The quantitative estimate of drug-likeness (QED) is 0.475. The van der Waals surface area contributed by atoms with E-state index in [1.807, 2.05) is 18.2 Å². The Bertz CT molecular complexity index is 1310. The van der Waals surface area contributed by atoms with E-state index in [4.69, 9.17) is 5.73 Å². The van der Waals surface area contributed by atoms with Gasteiger partial charge in [0.05, 0.1) is 16.8 Å². The minimum Gasteiger partial charge on any atom is -0.368 e. The van der Waals surface area contributed by atoms with Crippen LogP contribution in [0.2, 0.25) is 0 Å². The van der Waals surface area contributed by atoms with Crippen LogP contribution >= 0.6 is 0 Å². The Morgan fingerprint density at radius 2 is 1.73 bits per heavy atom. The fourth-order valence-electron chi connectivity index (χ4n) is 3.15. The van der Waals surface area contributed by atoms with Gasteiger partial charge in [0.15, 0.2) is 11.6 Å². The maximum atomic E-state index is 14.3. The Hall–Kier alpha value is -3.94. The van der Waals surface area contributed by atoms with Gasteiger partial charge in [-0.05, 0) is 31.2 Å². The van der Waals surface area contributed by atoms with Crippen molar-refractivity contribution < 1.29 is 18.0 Å². The zero-order valence-electron chi connectivity index (χ0n) is 15.7. The van der Waals surface area contributed by atoms with Gasteiger partial charge in [-0.15, -0.1) is 0 Å². The molecular formula is C22H15F3N4O. The molecule has 0 saturated heterocycles. The summed E-state index contributed by atoms with van der Waals surface area (Å²) < 4.78 is 41.4. The number of nitrogens with one attached hydrogen (secondary N) is 1. The number of fused-ring (bicyclic) bond motifs is 1. The van der Waals surface area contributed by atoms with Gasteiger partial charge in [-0.3, -0.25) is 4.79 Å². The molecule has 0 unspecified atom stereocenters. The molecule has 4 rings (SSSR count). The highest BCUT2D eigenvalue weighted by molar-refractivity contribution is 6.05. The fraction of sp³-hybridized carbons (Fsp3) is 0.0455. The lowest BCUT2D eigenvalue weighted by molar-refractivity contribution is 0.102. The number of nitrogens with two attached hydrogens (primary N) is 1. The van der Waals surface area contributed by atoms with Crippen molar-refractivity contribution in [3.63, 3.8) is 0 Å². The van der Waals surface area contributed by atoms with Crippen LogP contribution in [0.15, 0.2) is 54.6 Å². The van der Waals surface area contributed by atoms with E-state index in [0.717, 1.165) is 12.3 Å². The van der Waals surface area contributed by atoms with Crippen molar-refractivity contribution in [2.75, 3.05) is 11.1 Å². The van der Waals surface area contributed by atoms with Crippen LogP contribution in [-0.2, 0) is 0 Å². The summed E-state index contributed by atoms with van der Waals surface area (Å²) in [4.78, 5) is 21.0. The highest BCUT2D eigenvalue weighted by Gasteiger charge is 2.20. The Balaban J connectivity index is 1.72. The summed E-state index contributed by atoms with van der Waals surface area (Å²) in [6.07, 6.45) is 0. The Morgan fingerprint density at radius 3 is 2.53 bits per heavy atom. The number of nitrogen functional groups attached to an aromatic ring is 1. The maximum Gasteiger partial charge on any atom is 0.258 e. The van der Waals surface area contributed by atoms with Crippen LogP contribution in [-0.4, -0.2) is 15.9 Å². The first-order valence-electron chi connectivity index (χ1n) is 8.93. The van der Waals surface area contributed by atoms with Crippen LogP contribution in [0, 0.1) is 24.4 Å². The van der Waals surface area contributed by atoms with E-state index in [9.17, 15) is 18.0 Å². The summed E-state index contributed by atoms with van der Waals surface area (Å²) in [6.45, 7) is 1.07. The van der Waals surface area contributed by atoms with Gasteiger partial charge in [0.25, 0.3) is 5.91 Å². The molecule has 0 aliphatic rings. The number of para-hydroxylation sites is 1. The monoisotopic (exact) mass is 408 g/mol. The van der Waals surface area contributed by atoms with E-state index in [-0.39, 0.29) is 5.95 Å². The molecule has 0 aliphatic heterocycles. The number of carbonyl (C=O) groups excluding carboxylic acids is 1. The third kappa shape index (κ3) is 3.43. The topological polar surface area (TPSA) is 80.9 Å². The standard InChI is InChI=1S/C22H15F3N4O/c1-11-18(24)15(10-16(23)19(11)25)21(30)27-13-6-4-5-12(9-13)20-14-7-2-3-8-17(14)28-22(26)29-20/h2-10H,1H3,(H,27,30)(H2,26,28,29). The summed E-state index contributed by atoms with van der Waals surface area (Å²) in [7, 11) is 0. The molecule has 0 fully saturated rings. The number of amides is 1. The van der Waals surface area contributed by atoms with Gasteiger partial charge in [-0.25, -0.2) is 23.1 Å². The molecule has 4 aromatic rings. The largest absolute Gasteiger partial charge is 0.368 e. The predicted molar refractivity (Wildman–Crippen MR) is 108 cm³/mol. The highest BCUT2D eigenvalue weighted by Crippen LogP contribution is 2.29. The molecule has 1 heterocycles. The van der Waals surface area contributed by atoms with Gasteiger partial charge in [-0.1, -0.05) is 30.3 Å². The number of carbonyl (C=O) groups is 1. The minimum absolute atomic E-state index is 0.0949. The molecule has 5 nitrogen and oxygen atoms in total. The second-order valence-electron chi connectivity index (χ2n) is 6.64. The van der Waals surface area contributed by atoms with E-state index in [2.05, 4.69) is 15.3 Å². The van der Waals surface area contributed by atoms with Crippen molar-refractivity contribution in [3.8, 4) is 11.3 Å². The summed E-state index contributed by atoms with van der Waals surface area (Å²) >= 11 is 0. The lowest BCUT2D eigenvalue weighted by atomic mass is 10.1. The SMILES string of the molecule is Cc1c(F)c(F)cc(C(=O)Nc2cccc(-c3nc(N)nc4ccccc34)c2)c1F. The highest BCUT2D eigenvalue weighted by atomic mass is 19.2. The Labute approximate surface area is 169 Å². The molecule has 1 amide bonds. The average Bonchev–Trinajstić information content (AvgIpc) is 2.74. The number of rotatable bonds is 3. The zero-order chi connectivity index (χ0) is 21.4. The first-order valence-corrected chi connectivity index (χ1v) is 8.93. The van der Waals surface area contributed by atoms with Gasteiger partial charge in [0.2, 0.25) is 5.95 Å². The lowest BCUT2D eigenvalue weighted by Gasteiger charge is -2.11. The van der Waals surface area contributed by atoms with Crippen LogP contribution in [0.3, 0.4) is 0 Å². The van der Waals surface area contributed by atoms with Crippen LogP contribution in [0.1, 0.15) is 15.9 Å². The van der Waals surface area contributed by atoms with Gasteiger partial charge in [0, 0.05) is 22.2 Å². The molecule has 0 spiro atoms. The smallest absolute Gasteiger partial charge is 0.258 e. The Morgan fingerprint density at radius 1 is 0.967 bits per heavy atom. The van der Waals surface area contributed by atoms with Crippen molar-refractivity contribution in [2.24, 2.45) is 0 Å².